The highest BCUT2D eigenvalue weighted by molar-refractivity contribution is 5.54. The van der Waals surface area contributed by atoms with Crippen molar-refractivity contribution in [1.29, 1.82) is 0 Å². The van der Waals surface area contributed by atoms with E-state index in [2.05, 4.69) is 53.6 Å². The summed E-state index contributed by atoms with van der Waals surface area (Å²) in [4.78, 5) is 4.43. The van der Waals surface area contributed by atoms with E-state index in [9.17, 15) is 0 Å². The van der Waals surface area contributed by atoms with Crippen molar-refractivity contribution < 1.29 is 4.52 Å². The van der Waals surface area contributed by atoms with Crippen LogP contribution in [-0.4, -0.2) is 10.1 Å². The highest BCUT2D eigenvalue weighted by Gasteiger charge is 2.08. The average Bonchev–Trinajstić information content (AvgIpc) is 3.03. The van der Waals surface area contributed by atoms with Gasteiger partial charge in [0.2, 0.25) is 11.7 Å². The molecule has 4 heteroatoms. The van der Waals surface area contributed by atoms with Gasteiger partial charge in [-0.1, -0.05) is 54.0 Å². The number of aryl methyl sites for hydroxylation is 2. The quantitative estimate of drug-likeness (QED) is 0.765. The fourth-order valence-corrected chi connectivity index (χ4v) is 2.18. The maximum absolute atomic E-state index is 5.30. The molecule has 1 aromatic heterocycles. The standard InChI is InChI=1S/C18H19N3O/c1-3-14-6-8-15(9-7-14)18-20-17(22-21-18)12-19-16-10-4-13(2)5-11-16/h4-11,19H,3,12H2,1-2H3. The third-order valence-electron chi connectivity index (χ3n) is 3.58. The zero-order valence-electron chi connectivity index (χ0n) is 12.8. The number of nitrogens with one attached hydrogen (secondary N) is 1. The van der Waals surface area contributed by atoms with Gasteiger partial charge in [0.15, 0.2) is 0 Å². The van der Waals surface area contributed by atoms with E-state index in [1.807, 2.05) is 24.3 Å². The minimum absolute atomic E-state index is 0.517. The van der Waals surface area contributed by atoms with Crippen molar-refractivity contribution in [3.05, 3.63) is 65.5 Å². The fraction of sp³-hybridized carbons (Fsp3) is 0.222. The number of anilines is 1. The smallest absolute Gasteiger partial charge is 0.246 e. The lowest BCUT2D eigenvalue weighted by molar-refractivity contribution is 0.384. The van der Waals surface area contributed by atoms with Gasteiger partial charge in [-0.25, -0.2) is 0 Å². The Morgan fingerprint density at radius 1 is 1.00 bits per heavy atom. The second kappa shape index (κ2) is 6.43. The third kappa shape index (κ3) is 3.34. The number of hydrogen-bond acceptors (Lipinski definition) is 4. The maximum atomic E-state index is 5.30. The van der Waals surface area contributed by atoms with Crippen LogP contribution in [0.2, 0.25) is 0 Å². The van der Waals surface area contributed by atoms with Crippen molar-refractivity contribution in [1.82, 2.24) is 10.1 Å². The molecule has 0 aliphatic rings. The van der Waals surface area contributed by atoms with Gasteiger partial charge in [0, 0.05) is 11.3 Å². The van der Waals surface area contributed by atoms with Gasteiger partial charge in [-0.2, -0.15) is 4.98 Å². The Bertz CT molecular complexity index is 730. The molecule has 0 bridgehead atoms. The van der Waals surface area contributed by atoms with Gasteiger partial charge in [-0.3, -0.25) is 0 Å². The first-order valence-electron chi connectivity index (χ1n) is 7.47. The van der Waals surface area contributed by atoms with Crippen molar-refractivity contribution in [2.24, 2.45) is 0 Å². The summed E-state index contributed by atoms with van der Waals surface area (Å²) in [5.41, 5.74) is 4.55. The van der Waals surface area contributed by atoms with Crippen LogP contribution < -0.4 is 5.32 Å². The number of benzene rings is 2. The van der Waals surface area contributed by atoms with E-state index >= 15 is 0 Å². The molecular formula is C18H19N3O. The molecule has 0 saturated carbocycles. The summed E-state index contributed by atoms with van der Waals surface area (Å²) in [6.45, 7) is 4.72. The van der Waals surface area contributed by atoms with E-state index in [0.717, 1.165) is 17.7 Å². The monoisotopic (exact) mass is 293 g/mol. The Morgan fingerprint density at radius 3 is 2.41 bits per heavy atom. The maximum Gasteiger partial charge on any atom is 0.246 e. The van der Waals surface area contributed by atoms with E-state index in [-0.39, 0.29) is 0 Å². The molecule has 22 heavy (non-hydrogen) atoms. The molecular weight excluding hydrogens is 274 g/mol. The molecule has 1 N–H and O–H groups in total. The summed E-state index contributed by atoms with van der Waals surface area (Å²) < 4.78 is 5.30. The molecule has 0 aliphatic carbocycles. The van der Waals surface area contributed by atoms with Gasteiger partial charge in [0.05, 0.1) is 6.54 Å². The zero-order valence-corrected chi connectivity index (χ0v) is 12.8. The summed E-state index contributed by atoms with van der Waals surface area (Å²) in [5.74, 6) is 1.21. The molecule has 0 fully saturated rings. The lowest BCUT2D eigenvalue weighted by Crippen LogP contribution is -1.99. The Balaban J connectivity index is 1.66. The molecule has 0 spiro atoms. The molecule has 0 amide bonds. The van der Waals surface area contributed by atoms with Crippen molar-refractivity contribution in [2.45, 2.75) is 26.8 Å². The molecule has 0 radical (unpaired) electrons. The van der Waals surface area contributed by atoms with Gasteiger partial charge >= 0.3 is 0 Å². The lowest BCUT2D eigenvalue weighted by atomic mass is 10.1. The largest absolute Gasteiger partial charge is 0.376 e. The molecule has 0 atom stereocenters. The Kier molecular flexibility index (Phi) is 4.19. The van der Waals surface area contributed by atoms with Crippen molar-refractivity contribution in [3.63, 3.8) is 0 Å². The van der Waals surface area contributed by atoms with Crippen LogP contribution in [0.25, 0.3) is 11.4 Å². The first kappa shape index (κ1) is 14.3. The molecule has 3 rings (SSSR count). The van der Waals surface area contributed by atoms with Crippen LogP contribution in [0.4, 0.5) is 5.69 Å². The molecule has 0 unspecified atom stereocenters. The Morgan fingerprint density at radius 2 is 1.73 bits per heavy atom. The van der Waals surface area contributed by atoms with Crippen molar-refractivity contribution in [3.8, 4) is 11.4 Å². The normalized spacial score (nSPS) is 10.6. The summed E-state index contributed by atoms with van der Waals surface area (Å²) in [6.07, 6.45) is 1.03. The van der Waals surface area contributed by atoms with Crippen LogP contribution in [0.1, 0.15) is 23.9 Å². The van der Waals surface area contributed by atoms with Crippen LogP contribution in [-0.2, 0) is 13.0 Å². The summed E-state index contributed by atoms with van der Waals surface area (Å²) >= 11 is 0. The zero-order chi connectivity index (χ0) is 15.4. The van der Waals surface area contributed by atoms with Crippen molar-refractivity contribution in [2.75, 3.05) is 5.32 Å². The highest BCUT2D eigenvalue weighted by atomic mass is 16.5. The summed E-state index contributed by atoms with van der Waals surface area (Å²) in [7, 11) is 0. The van der Waals surface area contributed by atoms with Gasteiger partial charge < -0.3 is 9.84 Å². The van der Waals surface area contributed by atoms with Crippen molar-refractivity contribution >= 4 is 5.69 Å². The molecule has 3 aromatic rings. The van der Waals surface area contributed by atoms with Crippen LogP contribution in [0.5, 0.6) is 0 Å². The van der Waals surface area contributed by atoms with Crippen LogP contribution >= 0.6 is 0 Å². The minimum atomic E-state index is 0.517. The van der Waals surface area contributed by atoms with Crippen LogP contribution in [0, 0.1) is 6.92 Å². The molecule has 4 nitrogen and oxygen atoms in total. The topological polar surface area (TPSA) is 51.0 Å². The SMILES string of the molecule is CCc1ccc(-c2noc(CNc3ccc(C)cc3)n2)cc1. The Hall–Kier alpha value is -2.62. The molecule has 112 valence electrons. The average molecular weight is 293 g/mol. The van der Waals surface area contributed by atoms with Gasteiger partial charge in [0.1, 0.15) is 0 Å². The summed E-state index contributed by atoms with van der Waals surface area (Å²) in [5, 5.41) is 7.32. The number of nitrogens with zero attached hydrogens (tertiary/aromatic N) is 2. The first-order chi connectivity index (χ1) is 10.7. The van der Waals surface area contributed by atoms with E-state index in [0.29, 0.717) is 18.3 Å². The predicted molar refractivity (Wildman–Crippen MR) is 87.6 cm³/mol. The van der Waals surface area contributed by atoms with Gasteiger partial charge in [0.25, 0.3) is 0 Å². The van der Waals surface area contributed by atoms with E-state index in [1.165, 1.54) is 11.1 Å². The fourth-order valence-electron chi connectivity index (χ4n) is 2.18. The second-order valence-electron chi connectivity index (χ2n) is 5.28. The molecule has 0 saturated heterocycles. The summed E-state index contributed by atoms with van der Waals surface area (Å²) in [6, 6.07) is 16.5. The van der Waals surface area contributed by atoms with Gasteiger partial charge in [-0.05, 0) is 31.0 Å². The van der Waals surface area contributed by atoms with E-state index in [1.54, 1.807) is 0 Å². The highest BCUT2D eigenvalue weighted by Crippen LogP contribution is 2.17. The second-order valence-corrected chi connectivity index (χ2v) is 5.28. The lowest BCUT2D eigenvalue weighted by Gasteiger charge is -2.02. The number of rotatable bonds is 5. The number of aromatic nitrogens is 2. The molecule has 2 aromatic carbocycles. The molecule has 0 aliphatic heterocycles. The minimum Gasteiger partial charge on any atom is -0.376 e. The van der Waals surface area contributed by atoms with E-state index in [4.69, 9.17) is 4.52 Å². The van der Waals surface area contributed by atoms with Gasteiger partial charge in [-0.15, -0.1) is 0 Å². The predicted octanol–water partition coefficient (Wildman–Crippen LogP) is 4.22. The molecule has 1 heterocycles. The van der Waals surface area contributed by atoms with Crippen LogP contribution in [0.3, 0.4) is 0 Å². The van der Waals surface area contributed by atoms with Crippen LogP contribution in [0.15, 0.2) is 53.1 Å². The first-order valence-corrected chi connectivity index (χ1v) is 7.47. The Labute approximate surface area is 130 Å². The number of hydrogen-bond donors (Lipinski definition) is 1. The third-order valence-corrected chi connectivity index (χ3v) is 3.58. The van der Waals surface area contributed by atoms with E-state index < -0.39 is 0 Å².